The highest BCUT2D eigenvalue weighted by Crippen LogP contribution is 2.35. The van der Waals surface area contributed by atoms with Gasteiger partial charge in [0.15, 0.2) is 0 Å². The Balaban J connectivity index is 1.51. The van der Waals surface area contributed by atoms with Crippen LogP contribution in [-0.2, 0) is 0 Å². The molecule has 2 fully saturated rings. The first-order valence-corrected chi connectivity index (χ1v) is 7.14. The molecule has 2 aliphatic rings. The summed E-state index contributed by atoms with van der Waals surface area (Å²) in [4.78, 5) is 2.51. The Labute approximate surface area is 114 Å². The van der Waals surface area contributed by atoms with Crippen LogP contribution in [0.4, 0.5) is 5.69 Å². The summed E-state index contributed by atoms with van der Waals surface area (Å²) < 4.78 is 5.76. The second-order valence-corrected chi connectivity index (χ2v) is 5.67. The zero-order valence-corrected chi connectivity index (χ0v) is 11.2. The molecule has 104 valence electrons. The van der Waals surface area contributed by atoms with Gasteiger partial charge in [-0.05, 0) is 37.8 Å². The first-order chi connectivity index (χ1) is 9.22. The Morgan fingerprint density at radius 1 is 1.26 bits per heavy atom. The van der Waals surface area contributed by atoms with E-state index in [4.69, 9.17) is 10.5 Å². The molecule has 0 amide bonds. The predicted molar refractivity (Wildman–Crippen MR) is 75.1 cm³/mol. The van der Waals surface area contributed by atoms with E-state index in [1.54, 1.807) is 0 Å². The molecule has 2 atom stereocenters. The van der Waals surface area contributed by atoms with Gasteiger partial charge in [0, 0.05) is 30.4 Å². The van der Waals surface area contributed by atoms with Crippen LogP contribution < -0.4 is 10.5 Å². The molecular formula is C15H22N2O2. The van der Waals surface area contributed by atoms with Gasteiger partial charge in [0.05, 0.1) is 6.10 Å². The number of anilines is 1. The van der Waals surface area contributed by atoms with Crippen molar-refractivity contribution in [2.45, 2.75) is 43.9 Å². The number of rotatable bonds is 4. The van der Waals surface area contributed by atoms with Gasteiger partial charge in [-0.1, -0.05) is 6.07 Å². The number of nitrogen functional groups attached to an aromatic ring is 1. The maximum Gasteiger partial charge on any atom is 0.121 e. The van der Waals surface area contributed by atoms with E-state index in [9.17, 15) is 5.11 Å². The molecule has 2 heterocycles. The van der Waals surface area contributed by atoms with Gasteiger partial charge in [0.25, 0.3) is 0 Å². The average Bonchev–Trinajstić information content (AvgIpc) is 2.62. The summed E-state index contributed by atoms with van der Waals surface area (Å²) in [6.07, 6.45) is 4.20. The quantitative estimate of drug-likeness (QED) is 0.810. The lowest BCUT2D eigenvalue weighted by atomic mass is 10.0. The van der Waals surface area contributed by atoms with Crippen LogP contribution in [0, 0.1) is 0 Å². The van der Waals surface area contributed by atoms with E-state index in [1.165, 1.54) is 12.8 Å². The Hall–Kier alpha value is -1.26. The van der Waals surface area contributed by atoms with Crippen molar-refractivity contribution in [3.63, 3.8) is 0 Å². The third-order valence-electron chi connectivity index (χ3n) is 4.34. The van der Waals surface area contributed by atoms with Crippen LogP contribution >= 0.6 is 0 Å². The van der Waals surface area contributed by atoms with Gasteiger partial charge in [-0.2, -0.15) is 0 Å². The number of ether oxygens (including phenoxy) is 1. The number of nitrogens with zero attached hydrogens (tertiary/aromatic N) is 1. The largest absolute Gasteiger partial charge is 0.492 e. The Morgan fingerprint density at radius 2 is 2.00 bits per heavy atom. The normalized spacial score (nSPS) is 30.5. The summed E-state index contributed by atoms with van der Waals surface area (Å²) in [5.41, 5.74) is 6.46. The summed E-state index contributed by atoms with van der Waals surface area (Å²) >= 11 is 0. The monoisotopic (exact) mass is 262 g/mol. The zero-order chi connectivity index (χ0) is 13.2. The molecule has 4 nitrogen and oxygen atoms in total. The molecule has 4 heteroatoms. The number of benzene rings is 1. The lowest BCUT2D eigenvalue weighted by Crippen LogP contribution is -2.46. The molecule has 0 radical (unpaired) electrons. The number of fused-ring (bicyclic) bond motifs is 2. The van der Waals surface area contributed by atoms with Crippen LogP contribution in [0.25, 0.3) is 0 Å². The molecule has 2 bridgehead atoms. The van der Waals surface area contributed by atoms with Crippen LogP contribution in [0.1, 0.15) is 25.7 Å². The second kappa shape index (κ2) is 5.39. The molecule has 0 spiro atoms. The van der Waals surface area contributed by atoms with E-state index in [0.29, 0.717) is 18.7 Å². The van der Waals surface area contributed by atoms with Crippen molar-refractivity contribution in [3.8, 4) is 5.75 Å². The van der Waals surface area contributed by atoms with E-state index in [-0.39, 0.29) is 6.10 Å². The molecule has 3 rings (SSSR count). The van der Waals surface area contributed by atoms with Crippen molar-refractivity contribution in [1.29, 1.82) is 0 Å². The van der Waals surface area contributed by atoms with Crippen LogP contribution in [0.15, 0.2) is 24.3 Å². The number of nitrogens with two attached hydrogens (primary N) is 1. The number of piperidine rings is 1. The number of hydrogen-bond donors (Lipinski definition) is 2. The second-order valence-electron chi connectivity index (χ2n) is 5.67. The van der Waals surface area contributed by atoms with E-state index in [0.717, 1.165) is 30.8 Å². The van der Waals surface area contributed by atoms with Crippen LogP contribution in [0.2, 0.25) is 0 Å². The van der Waals surface area contributed by atoms with Gasteiger partial charge in [-0.25, -0.2) is 0 Å². The van der Waals surface area contributed by atoms with Gasteiger partial charge in [0.1, 0.15) is 12.4 Å². The third-order valence-corrected chi connectivity index (χ3v) is 4.34. The fourth-order valence-corrected chi connectivity index (χ4v) is 3.48. The summed E-state index contributed by atoms with van der Waals surface area (Å²) in [7, 11) is 0. The average molecular weight is 262 g/mol. The standard InChI is InChI=1S/C15H22N2O2/c16-11-2-1-3-15(8-11)19-7-6-17-12-4-5-13(17)10-14(18)9-12/h1-3,8,12-14,18H,4-7,9-10,16H2. The van der Waals surface area contributed by atoms with Gasteiger partial charge in [-0.15, -0.1) is 0 Å². The molecule has 0 aromatic heterocycles. The topological polar surface area (TPSA) is 58.7 Å². The maximum atomic E-state index is 9.77. The van der Waals surface area contributed by atoms with E-state index in [1.807, 2.05) is 24.3 Å². The minimum absolute atomic E-state index is 0.0939. The first kappa shape index (κ1) is 12.8. The van der Waals surface area contributed by atoms with Crippen molar-refractivity contribution < 1.29 is 9.84 Å². The molecule has 2 aliphatic heterocycles. The summed E-state index contributed by atoms with van der Waals surface area (Å²) in [6.45, 7) is 1.63. The minimum atomic E-state index is -0.0939. The lowest BCUT2D eigenvalue weighted by molar-refractivity contribution is 0.0288. The highest BCUT2D eigenvalue weighted by molar-refractivity contribution is 5.43. The molecule has 2 saturated heterocycles. The van der Waals surface area contributed by atoms with E-state index < -0.39 is 0 Å². The zero-order valence-electron chi connectivity index (χ0n) is 11.2. The van der Waals surface area contributed by atoms with Gasteiger partial charge in [-0.3, -0.25) is 4.90 Å². The van der Waals surface area contributed by atoms with Crippen LogP contribution in [0.3, 0.4) is 0 Å². The summed E-state index contributed by atoms with van der Waals surface area (Å²) in [6, 6.07) is 8.67. The van der Waals surface area contributed by atoms with Crippen molar-refractivity contribution in [2.75, 3.05) is 18.9 Å². The molecular weight excluding hydrogens is 240 g/mol. The number of aliphatic hydroxyl groups excluding tert-OH is 1. The van der Waals surface area contributed by atoms with Crippen molar-refractivity contribution >= 4 is 5.69 Å². The van der Waals surface area contributed by atoms with Crippen molar-refractivity contribution in [1.82, 2.24) is 4.90 Å². The van der Waals surface area contributed by atoms with Gasteiger partial charge in [0.2, 0.25) is 0 Å². The third kappa shape index (κ3) is 2.85. The van der Waals surface area contributed by atoms with E-state index >= 15 is 0 Å². The molecule has 0 aliphatic carbocycles. The minimum Gasteiger partial charge on any atom is -0.492 e. The molecule has 1 aromatic rings. The van der Waals surface area contributed by atoms with Gasteiger partial charge < -0.3 is 15.6 Å². The highest BCUT2D eigenvalue weighted by atomic mass is 16.5. The smallest absolute Gasteiger partial charge is 0.121 e. The van der Waals surface area contributed by atoms with Crippen LogP contribution in [0.5, 0.6) is 5.75 Å². The fraction of sp³-hybridized carbons (Fsp3) is 0.600. The molecule has 19 heavy (non-hydrogen) atoms. The number of aliphatic hydroxyl groups is 1. The molecule has 3 N–H and O–H groups in total. The van der Waals surface area contributed by atoms with Gasteiger partial charge >= 0.3 is 0 Å². The first-order valence-electron chi connectivity index (χ1n) is 7.14. The SMILES string of the molecule is Nc1cccc(OCCN2C3CCC2CC(O)C3)c1. The molecule has 1 aromatic carbocycles. The predicted octanol–water partition coefficient (Wildman–Crippen LogP) is 1.64. The van der Waals surface area contributed by atoms with E-state index in [2.05, 4.69) is 4.90 Å². The Kier molecular flexibility index (Phi) is 3.62. The summed E-state index contributed by atoms with van der Waals surface area (Å²) in [5, 5.41) is 9.77. The van der Waals surface area contributed by atoms with Crippen LogP contribution in [-0.4, -0.2) is 41.3 Å². The molecule has 0 saturated carbocycles. The lowest BCUT2D eigenvalue weighted by Gasteiger charge is -2.36. The molecule has 2 unspecified atom stereocenters. The fourth-order valence-electron chi connectivity index (χ4n) is 3.48. The Morgan fingerprint density at radius 3 is 2.68 bits per heavy atom. The maximum absolute atomic E-state index is 9.77. The highest BCUT2D eigenvalue weighted by Gasteiger charge is 2.39. The number of hydrogen-bond acceptors (Lipinski definition) is 4. The van der Waals surface area contributed by atoms with Crippen molar-refractivity contribution in [2.24, 2.45) is 0 Å². The van der Waals surface area contributed by atoms with Crippen molar-refractivity contribution in [3.05, 3.63) is 24.3 Å². The Bertz CT molecular complexity index is 424. The summed E-state index contributed by atoms with van der Waals surface area (Å²) in [5.74, 6) is 0.837.